The van der Waals surface area contributed by atoms with Crippen molar-refractivity contribution in [3.8, 4) is 0 Å². The second-order valence-corrected chi connectivity index (χ2v) is 9.47. The van der Waals surface area contributed by atoms with Gasteiger partial charge in [-0.3, -0.25) is 9.59 Å². The molecule has 38 heavy (non-hydrogen) atoms. The lowest BCUT2D eigenvalue weighted by atomic mass is 10.1. The largest absolute Gasteiger partial charge is 0.461 e. The summed E-state index contributed by atoms with van der Waals surface area (Å²) in [4.78, 5) is 26.1. The lowest BCUT2D eigenvalue weighted by Gasteiger charge is -2.19. The van der Waals surface area contributed by atoms with Crippen molar-refractivity contribution in [2.75, 3.05) is 30.9 Å². The number of ether oxygens (including phenoxy) is 2. The average molecular weight is 537 g/mol. The minimum atomic E-state index is -4.33. The highest BCUT2D eigenvalue weighted by Gasteiger charge is 2.29. The number of carbonyl (C=O) groups excluding carboxylic acids is 2. The van der Waals surface area contributed by atoms with Gasteiger partial charge in [0.25, 0.3) is 0 Å². The van der Waals surface area contributed by atoms with E-state index in [1.807, 2.05) is 44.1 Å². The van der Waals surface area contributed by atoms with Crippen LogP contribution in [-0.2, 0) is 38.5 Å². The molecule has 2 aromatic rings. The number of nitrogens with zero attached hydrogens (tertiary/aromatic N) is 1. The minimum absolute atomic E-state index is 0.0619. The maximum absolute atomic E-state index is 12.6. The van der Waals surface area contributed by atoms with Crippen molar-refractivity contribution in [2.45, 2.75) is 77.7 Å². The molecule has 2 rings (SSSR count). The van der Waals surface area contributed by atoms with Crippen molar-refractivity contribution < 1.29 is 32.2 Å². The zero-order valence-electron chi connectivity index (χ0n) is 22.5. The van der Waals surface area contributed by atoms with Gasteiger partial charge in [-0.15, -0.1) is 0 Å². The summed E-state index contributed by atoms with van der Waals surface area (Å²) in [6.45, 7) is 2.92. The second kappa shape index (κ2) is 16.0. The molecule has 0 radical (unpaired) electrons. The Morgan fingerprint density at radius 2 is 1.53 bits per heavy atom. The van der Waals surface area contributed by atoms with Crippen LogP contribution in [-0.4, -0.2) is 32.6 Å². The van der Waals surface area contributed by atoms with E-state index >= 15 is 0 Å². The van der Waals surface area contributed by atoms with Gasteiger partial charge < -0.3 is 19.7 Å². The molecule has 210 valence electrons. The number of anilines is 2. The van der Waals surface area contributed by atoms with Crippen molar-refractivity contribution in [3.05, 3.63) is 59.2 Å². The Morgan fingerprint density at radius 1 is 0.868 bits per heavy atom. The van der Waals surface area contributed by atoms with E-state index in [0.717, 1.165) is 61.9 Å². The van der Waals surface area contributed by atoms with Crippen molar-refractivity contribution >= 4 is 23.3 Å². The summed E-state index contributed by atoms with van der Waals surface area (Å²) >= 11 is 0. The molecule has 0 aliphatic rings. The molecule has 0 aliphatic carbocycles. The lowest BCUT2D eigenvalue weighted by molar-refractivity contribution is -0.145. The highest BCUT2D eigenvalue weighted by Crippen LogP contribution is 2.29. The van der Waals surface area contributed by atoms with E-state index in [4.69, 9.17) is 9.47 Å². The SMILES string of the molecule is CCCC(=O)OCc1ccc(N(C)C)c(NC(=O)CCCCCCCOCc2ccc(C(F)(F)F)cc2)c1. The molecule has 0 aliphatic heterocycles. The zero-order chi connectivity index (χ0) is 28.0. The van der Waals surface area contributed by atoms with E-state index in [0.29, 0.717) is 30.7 Å². The average Bonchev–Trinajstić information content (AvgIpc) is 2.86. The quantitative estimate of drug-likeness (QED) is 0.183. The van der Waals surface area contributed by atoms with Gasteiger partial charge in [-0.2, -0.15) is 13.2 Å². The van der Waals surface area contributed by atoms with E-state index in [-0.39, 0.29) is 25.1 Å². The van der Waals surface area contributed by atoms with Crippen LogP contribution in [0.1, 0.15) is 75.0 Å². The molecule has 0 spiro atoms. The van der Waals surface area contributed by atoms with Crippen LogP contribution in [0.5, 0.6) is 0 Å². The van der Waals surface area contributed by atoms with E-state index in [1.54, 1.807) is 0 Å². The third-order valence-electron chi connectivity index (χ3n) is 5.91. The van der Waals surface area contributed by atoms with Crippen LogP contribution in [0.15, 0.2) is 42.5 Å². The Balaban J connectivity index is 1.63. The van der Waals surface area contributed by atoms with Crippen molar-refractivity contribution in [2.24, 2.45) is 0 Å². The highest BCUT2D eigenvalue weighted by atomic mass is 19.4. The zero-order valence-corrected chi connectivity index (χ0v) is 22.5. The van der Waals surface area contributed by atoms with Crippen molar-refractivity contribution in [1.82, 2.24) is 0 Å². The molecule has 0 aromatic heterocycles. The van der Waals surface area contributed by atoms with Crippen LogP contribution in [0.3, 0.4) is 0 Å². The van der Waals surface area contributed by atoms with Crippen molar-refractivity contribution in [3.63, 3.8) is 0 Å². The normalized spacial score (nSPS) is 11.3. The molecule has 6 nitrogen and oxygen atoms in total. The first-order valence-corrected chi connectivity index (χ1v) is 13.1. The first-order valence-electron chi connectivity index (χ1n) is 13.1. The summed E-state index contributed by atoms with van der Waals surface area (Å²) in [5.41, 5.74) is 2.43. The molecule has 0 bridgehead atoms. The van der Waals surface area contributed by atoms with Crippen LogP contribution in [0, 0.1) is 0 Å². The number of hydrogen-bond donors (Lipinski definition) is 1. The third-order valence-corrected chi connectivity index (χ3v) is 5.91. The van der Waals surface area contributed by atoms with E-state index in [1.165, 1.54) is 12.1 Å². The van der Waals surface area contributed by atoms with Crippen LogP contribution in [0.4, 0.5) is 24.5 Å². The van der Waals surface area contributed by atoms with Gasteiger partial charge in [0.1, 0.15) is 6.61 Å². The molecular formula is C29H39F3N2O4. The molecule has 1 amide bonds. The van der Waals surface area contributed by atoms with Gasteiger partial charge in [0.05, 0.1) is 23.5 Å². The fourth-order valence-corrected chi connectivity index (χ4v) is 3.82. The van der Waals surface area contributed by atoms with Crippen LogP contribution in [0.2, 0.25) is 0 Å². The number of hydrogen-bond acceptors (Lipinski definition) is 5. The lowest BCUT2D eigenvalue weighted by Crippen LogP contribution is -2.17. The van der Waals surface area contributed by atoms with Gasteiger partial charge >= 0.3 is 12.1 Å². The maximum Gasteiger partial charge on any atom is 0.416 e. The standard InChI is InChI=1S/C29H39F3N2O4/c1-4-10-28(36)38-21-23-14-17-26(34(2)3)25(19-23)33-27(35)11-8-6-5-7-9-18-37-20-22-12-15-24(16-13-22)29(30,31)32/h12-17,19H,4-11,18,20-21H2,1-3H3,(H,33,35). The number of amides is 1. The third kappa shape index (κ3) is 11.5. The monoisotopic (exact) mass is 536 g/mol. The van der Waals surface area contributed by atoms with E-state index < -0.39 is 11.7 Å². The fraction of sp³-hybridized carbons (Fsp3) is 0.517. The van der Waals surface area contributed by atoms with Crippen LogP contribution in [0.25, 0.3) is 0 Å². The molecule has 0 saturated heterocycles. The number of nitrogens with one attached hydrogen (secondary N) is 1. The molecule has 0 fully saturated rings. The first-order chi connectivity index (χ1) is 18.1. The van der Waals surface area contributed by atoms with Gasteiger partial charge in [-0.05, 0) is 54.7 Å². The smallest absolute Gasteiger partial charge is 0.416 e. The molecule has 0 atom stereocenters. The molecule has 0 heterocycles. The first kappa shape index (κ1) is 31.1. The number of carbonyl (C=O) groups is 2. The summed E-state index contributed by atoms with van der Waals surface area (Å²) in [5, 5.41) is 2.99. The number of halogens is 3. The number of unbranched alkanes of at least 4 members (excludes halogenated alkanes) is 4. The minimum Gasteiger partial charge on any atom is -0.461 e. The predicted molar refractivity (Wildman–Crippen MR) is 143 cm³/mol. The fourth-order valence-electron chi connectivity index (χ4n) is 3.82. The molecule has 9 heteroatoms. The van der Waals surface area contributed by atoms with Gasteiger partial charge in [-0.1, -0.05) is 44.4 Å². The van der Waals surface area contributed by atoms with E-state index in [2.05, 4.69) is 5.32 Å². The summed E-state index contributed by atoms with van der Waals surface area (Å²) in [7, 11) is 3.80. The molecular weight excluding hydrogens is 497 g/mol. The number of rotatable bonds is 16. The van der Waals surface area contributed by atoms with Gasteiger partial charge in [0.15, 0.2) is 0 Å². The Labute approximate surface area is 223 Å². The second-order valence-electron chi connectivity index (χ2n) is 9.47. The Bertz CT molecular complexity index is 1010. The van der Waals surface area contributed by atoms with Gasteiger partial charge in [-0.25, -0.2) is 0 Å². The Hall–Kier alpha value is -3.07. The van der Waals surface area contributed by atoms with Crippen LogP contribution >= 0.6 is 0 Å². The Kier molecular flexibility index (Phi) is 13.1. The predicted octanol–water partition coefficient (Wildman–Crippen LogP) is 7.11. The Morgan fingerprint density at radius 3 is 2.18 bits per heavy atom. The summed E-state index contributed by atoms with van der Waals surface area (Å²) in [6, 6.07) is 10.6. The van der Waals surface area contributed by atoms with Crippen LogP contribution < -0.4 is 10.2 Å². The maximum atomic E-state index is 12.6. The molecule has 1 N–H and O–H groups in total. The summed E-state index contributed by atoms with van der Waals surface area (Å²) in [5.74, 6) is -0.298. The van der Waals surface area contributed by atoms with E-state index in [9.17, 15) is 22.8 Å². The molecule has 0 unspecified atom stereocenters. The van der Waals surface area contributed by atoms with Gasteiger partial charge in [0.2, 0.25) is 5.91 Å². The van der Waals surface area contributed by atoms with Crippen molar-refractivity contribution in [1.29, 1.82) is 0 Å². The number of alkyl halides is 3. The highest BCUT2D eigenvalue weighted by molar-refractivity contribution is 5.94. The topological polar surface area (TPSA) is 67.9 Å². The van der Waals surface area contributed by atoms with Gasteiger partial charge in [0, 0.05) is 33.5 Å². The molecule has 0 saturated carbocycles. The molecule has 2 aromatic carbocycles. The number of benzene rings is 2. The number of esters is 1. The summed E-state index contributed by atoms with van der Waals surface area (Å²) in [6.07, 6.45) is 1.67. The summed E-state index contributed by atoms with van der Waals surface area (Å²) < 4.78 is 48.6.